The number of amides is 2. The maximum Gasteiger partial charge on any atom is 0.318 e. The highest BCUT2D eigenvalue weighted by Crippen LogP contribution is 2.23. The number of carbonyl (C=O) groups excluding carboxylic acids is 1. The van der Waals surface area contributed by atoms with E-state index in [1.807, 2.05) is 13.1 Å². The Morgan fingerprint density at radius 3 is 2.17 bits per heavy atom. The second-order valence-electron chi connectivity index (χ2n) is 6.38. The molecule has 18 heavy (non-hydrogen) atoms. The molecule has 0 bridgehead atoms. The molecule has 1 aliphatic carbocycles. The highest BCUT2D eigenvalue weighted by atomic mass is 16.2. The normalized spacial score (nSPS) is 19.2. The summed E-state index contributed by atoms with van der Waals surface area (Å²) in [6.07, 6.45) is 9.16. The van der Waals surface area contributed by atoms with Gasteiger partial charge in [0.05, 0.1) is 0 Å². The summed E-state index contributed by atoms with van der Waals surface area (Å²) in [7, 11) is 0. The number of allylic oxidation sites excluding steroid dienone is 1. The van der Waals surface area contributed by atoms with E-state index in [-0.39, 0.29) is 11.4 Å². The van der Waals surface area contributed by atoms with E-state index in [4.69, 9.17) is 0 Å². The maximum absolute atomic E-state index is 11.8. The molecule has 0 saturated heterocycles. The zero-order valence-electron chi connectivity index (χ0n) is 12.3. The second-order valence-corrected chi connectivity index (χ2v) is 6.38. The number of hydrogen-bond acceptors (Lipinski definition) is 1. The molecule has 0 aliphatic heterocycles. The van der Waals surface area contributed by atoms with Crippen LogP contribution < -0.4 is 10.6 Å². The molecule has 0 spiro atoms. The van der Waals surface area contributed by atoms with Crippen molar-refractivity contribution < 1.29 is 4.79 Å². The van der Waals surface area contributed by atoms with Gasteiger partial charge in [-0.2, -0.15) is 0 Å². The number of carbonyl (C=O) groups is 1. The minimum atomic E-state index is -0.0644. The van der Waals surface area contributed by atoms with E-state index in [0.29, 0.717) is 6.04 Å². The fourth-order valence-corrected chi connectivity index (χ4v) is 2.04. The van der Waals surface area contributed by atoms with E-state index >= 15 is 0 Å². The van der Waals surface area contributed by atoms with Gasteiger partial charge in [0.1, 0.15) is 0 Å². The number of rotatable bonds is 2. The molecule has 0 heterocycles. The van der Waals surface area contributed by atoms with Crippen molar-refractivity contribution in [1.29, 1.82) is 0 Å². The topological polar surface area (TPSA) is 41.1 Å². The number of urea groups is 1. The van der Waals surface area contributed by atoms with E-state index < -0.39 is 0 Å². The lowest BCUT2D eigenvalue weighted by molar-refractivity contribution is 0.238. The predicted octanol–water partition coefficient (Wildman–Crippen LogP) is 3.96. The minimum absolute atomic E-state index is 0.0644. The molecule has 0 aromatic carbocycles. The van der Waals surface area contributed by atoms with Crippen molar-refractivity contribution in [2.45, 2.75) is 72.3 Å². The van der Waals surface area contributed by atoms with Crippen LogP contribution in [0.5, 0.6) is 0 Å². The van der Waals surface area contributed by atoms with Gasteiger partial charge in [-0.15, -0.1) is 0 Å². The van der Waals surface area contributed by atoms with E-state index in [2.05, 4.69) is 31.4 Å². The highest BCUT2D eigenvalue weighted by molar-refractivity contribution is 5.75. The monoisotopic (exact) mass is 252 g/mol. The summed E-state index contributed by atoms with van der Waals surface area (Å²) >= 11 is 0. The van der Waals surface area contributed by atoms with E-state index in [9.17, 15) is 4.79 Å². The molecule has 0 aromatic rings. The molecule has 0 unspecified atom stereocenters. The second kappa shape index (κ2) is 6.81. The molecule has 0 atom stereocenters. The average molecular weight is 252 g/mol. The SMILES string of the molecule is C/C(=C\NC(=O)NC1CCCCCC1)C(C)(C)C. The molecule has 0 radical (unpaired) electrons. The fraction of sp³-hybridized carbons (Fsp3) is 0.800. The molecule has 3 heteroatoms. The van der Waals surface area contributed by atoms with Crippen LogP contribution in [-0.2, 0) is 0 Å². The number of nitrogens with one attached hydrogen (secondary N) is 2. The molecule has 3 nitrogen and oxygen atoms in total. The van der Waals surface area contributed by atoms with Crippen LogP contribution >= 0.6 is 0 Å². The largest absolute Gasteiger partial charge is 0.335 e. The van der Waals surface area contributed by atoms with Crippen LogP contribution in [0.2, 0.25) is 0 Å². The summed E-state index contributed by atoms with van der Waals surface area (Å²) in [4.78, 5) is 11.8. The van der Waals surface area contributed by atoms with Crippen LogP contribution in [0.15, 0.2) is 11.8 Å². The Bertz CT molecular complexity index is 294. The van der Waals surface area contributed by atoms with Gasteiger partial charge in [-0.05, 0) is 25.2 Å². The minimum Gasteiger partial charge on any atom is -0.335 e. The van der Waals surface area contributed by atoms with Gasteiger partial charge < -0.3 is 10.6 Å². The Morgan fingerprint density at radius 2 is 1.67 bits per heavy atom. The zero-order valence-corrected chi connectivity index (χ0v) is 12.3. The first-order chi connectivity index (χ1) is 8.39. The third-order valence-corrected chi connectivity index (χ3v) is 3.79. The molecular formula is C15H28N2O. The van der Waals surface area contributed by atoms with Crippen molar-refractivity contribution in [3.8, 4) is 0 Å². The third kappa shape index (κ3) is 5.56. The van der Waals surface area contributed by atoms with Gasteiger partial charge in [0.15, 0.2) is 0 Å². The van der Waals surface area contributed by atoms with Crippen molar-refractivity contribution in [2.75, 3.05) is 0 Å². The molecule has 104 valence electrons. The lowest BCUT2D eigenvalue weighted by Gasteiger charge is -2.20. The van der Waals surface area contributed by atoms with Crippen molar-refractivity contribution in [3.05, 3.63) is 11.8 Å². The molecule has 0 aromatic heterocycles. The lowest BCUT2D eigenvalue weighted by atomic mass is 9.88. The van der Waals surface area contributed by atoms with E-state index in [1.165, 1.54) is 31.3 Å². The van der Waals surface area contributed by atoms with Gasteiger partial charge in [-0.3, -0.25) is 0 Å². The molecule has 2 amide bonds. The Morgan fingerprint density at radius 1 is 1.11 bits per heavy atom. The van der Waals surface area contributed by atoms with Gasteiger partial charge in [0, 0.05) is 12.2 Å². The first-order valence-corrected chi connectivity index (χ1v) is 7.14. The molecule has 1 rings (SSSR count). The van der Waals surface area contributed by atoms with Gasteiger partial charge >= 0.3 is 6.03 Å². The first-order valence-electron chi connectivity index (χ1n) is 7.14. The molecule has 1 fully saturated rings. The summed E-state index contributed by atoms with van der Waals surface area (Å²) in [6, 6.07) is 0.293. The van der Waals surface area contributed by atoms with Crippen molar-refractivity contribution in [1.82, 2.24) is 10.6 Å². The Kier molecular flexibility index (Phi) is 5.70. The summed E-state index contributed by atoms with van der Waals surface area (Å²) in [6.45, 7) is 8.48. The lowest BCUT2D eigenvalue weighted by Crippen LogP contribution is -2.40. The number of hydrogen-bond donors (Lipinski definition) is 2. The van der Waals surface area contributed by atoms with Gasteiger partial charge in [0.25, 0.3) is 0 Å². The molecule has 1 aliphatic rings. The summed E-state index contributed by atoms with van der Waals surface area (Å²) in [5.41, 5.74) is 1.29. The van der Waals surface area contributed by atoms with Gasteiger partial charge in [-0.1, -0.05) is 52.0 Å². The van der Waals surface area contributed by atoms with Crippen LogP contribution in [-0.4, -0.2) is 12.1 Å². The first kappa shape index (κ1) is 15.1. The van der Waals surface area contributed by atoms with E-state index in [1.54, 1.807) is 0 Å². The maximum atomic E-state index is 11.8. The Hall–Kier alpha value is -0.990. The fourth-order valence-electron chi connectivity index (χ4n) is 2.04. The molecule has 1 saturated carbocycles. The zero-order chi connectivity index (χ0) is 13.6. The van der Waals surface area contributed by atoms with Gasteiger partial charge in [-0.25, -0.2) is 4.79 Å². The molecule has 2 N–H and O–H groups in total. The standard InChI is InChI=1S/C15H28N2O/c1-12(15(2,3)4)11-16-14(18)17-13-9-7-5-6-8-10-13/h11,13H,5-10H2,1-4H3,(H2,16,17,18)/b12-11+. The average Bonchev–Trinajstić information content (AvgIpc) is 2.53. The third-order valence-electron chi connectivity index (χ3n) is 3.79. The Balaban J connectivity index is 2.37. The summed E-state index contributed by atoms with van der Waals surface area (Å²) in [5, 5.41) is 5.92. The highest BCUT2D eigenvalue weighted by Gasteiger charge is 2.15. The van der Waals surface area contributed by atoms with Gasteiger partial charge in [0.2, 0.25) is 0 Å². The van der Waals surface area contributed by atoms with Crippen LogP contribution in [0.4, 0.5) is 4.79 Å². The molecular weight excluding hydrogens is 224 g/mol. The summed E-state index contributed by atoms with van der Waals surface area (Å²) < 4.78 is 0. The Labute approximate surface area is 111 Å². The smallest absolute Gasteiger partial charge is 0.318 e. The van der Waals surface area contributed by atoms with Crippen LogP contribution in [0, 0.1) is 5.41 Å². The van der Waals surface area contributed by atoms with Crippen LogP contribution in [0.1, 0.15) is 66.2 Å². The van der Waals surface area contributed by atoms with Crippen molar-refractivity contribution in [3.63, 3.8) is 0 Å². The predicted molar refractivity (Wildman–Crippen MR) is 76.4 cm³/mol. The van der Waals surface area contributed by atoms with Crippen molar-refractivity contribution in [2.24, 2.45) is 5.41 Å². The van der Waals surface area contributed by atoms with Crippen molar-refractivity contribution >= 4 is 6.03 Å². The summed E-state index contributed by atoms with van der Waals surface area (Å²) in [5.74, 6) is 0. The quantitative estimate of drug-likeness (QED) is 0.718. The van der Waals surface area contributed by atoms with Crippen LogP contribution in [0.25, 0.3) is 0 Å². The van der Waals surface area contributed by atoms with E-state index in [0.717, 1.165) is 12.8 Å². The van der Waals surface area contributed by atoms with Crippen LogP contribution in [0.3, 0.4) is 0 Å².